The van der Waals surface area contributed by atoms with E-state index in [4.69, 9.17) is 13.7 Å². The van der Waals surface area contributed by atoms with Crippen LogP contribution in [0.15, 0.2) is 38.4 Å². The Bertz CT molecular complexity index is 915. The van der Waals surface area contributed by atoms with Crippen molar-refractivity contribution in [1.82, 2.24) is 0 Å². The maximum Gasteiger partial charge on any atom is 0.300 e. The number of rotatable bonds is 4. The van der Waals surface area contributed by atoms with E-state index in [0.717, 1.165) is 4.90 Å². The van der Waals surface area contributed by atoms with Crippen LogP contribution in [0.5, 0.6) is 5.95 Å². The molecular formula is C14H12O7S2. The van der Waals surface area contributed by atoms with E-state index in [1.807, 2.05) is 12.1 Å². The van der Waals surface area contributed by atoms with Crippen LogP contribution >= 0.6 is 11.8 Å². The van der Waals surface area contributed by atoms with E-state index in [1.54, 1.807) is 12.1 Å². The molecule has 7 nitrogen and oxygen atoms in total. The average molecular weight is 356 g/mol. The van der Waals surface area contributed by atoms with E-state index in [0.29, 0.717) is 16.9 Å². The van der Waals surface area contributed by atoms with Crippen LogP contribution in [-0.4, -0.2) is 24.0 Å². The molecule has 2 N–H and O–H groups in total. The monoisotopic (exact) mass is 356 g/mol. The summed E-state index contributed by atoms with van der Waals surface area (Å²) in [4.78, 5) is 13.4. The van der Waals surface area contributed by atoms with Crippen molar-refractivity contribution < 1.29 is 27.2 Å². The predicted octanol–water partition coefficient (Wildman–Crippen LogP) is 1.63. The highest BCUT2D eigenvalue weighted by Gasteiger charge is 2.26. The lowest BCUT2D eigenvalue weighted by atomic mass is 10.1. The van der Waals surface area contributed by atoms with Crippen molar-refractivity contribution in [3.63, 3.8) is 0 Å². The highest BCUT2D eigenvalue weighted by molar-refractivity contribution is 7.98. The van der Waals surface area contributed by atoms with Gasteiger partial charge in [-0.25, -0.2) is 0 Å². The highest BCUT2D eigenvalue weighted by Crippen LogP contribution is 2.41. The molecule has 2 heterocycles. The van der Waals surface area contributed by atoms with Gasteiger partial charge >= 0.3 is 10.1 Å². The van der Waals surface area contributed by atoms with Crippen molar-refractivity contribution in [2.45, 2.75) is 17.3 Å². The smallest absolute Gasteiger partial charge is 0.300 e. The van der Waals surface area contributed by atoms with Crippen molar-refractivity contribution in [3.8, 4) is 17.3 Å². The normalized spacial score (nSPS) is 13.3. The van der Waals surface area contributed by atoms with Crippen molar-refractivity contribution >= 4 is 21.9 Å². The van der Waals surface area contributed by atoms with E-state index in [-0.39, 0.29) is 11.3 Å². The molecule has 0 amide bonds. The highest BCUT2D eigenvalue weighted by atomic mass is 32.2. The van der Waals surface area contributed by atoms with Gasteiger partial charge in [0.2, 0.25) is 5.94 Å². The largest absolute Gasteiger partial charge is 0.446 e. The van der Waals surface area contributed by atoms with Crippen LogP contribution in [0.1, 0.15) is 11.1 Å². The zero-order valence-electron chi connectivity index (χ0n) is 11.7. The van der Waals surface area contributed by atoms with Gasteiger partial charge in [-0.3, -0.25) is 9.35 Å². The Morgan fingerprint density at radius 2 is 2.04 bits per heavy atom. The molecule has 0 bridgehead atoms. The number of fused-ring (bicyclic) bond motifs is 3. The van der Waals surface area contributed by atoms with Gasteiger partial charge in [0, 0.05) is 16.2 Å². The first kappa shape index (κ1) is 16.1. The van der Waals surface area contributed by atoms with Gasteiger partial charge < -0.3 is 14.3 Å². The average Bonchev–Trinajstić information content (AvgIpc) is 2.52. The molecule has 0 fully saturated rings. The minimum absolute atomic E-state index is 0.174. The number of aliphatic hydroxyl groups excluding tert-OH is 1. The minimum atomic E-state index is -4.41. The lowest BCUT2D eigenvalue weighted by Crippen LogP contribution is -2.20. The van der Waals surface area contributed by atoms with E-state index in [2.05, 4.69) is 0 Å². The fourth-order valence-corrected chi connectivity index (χ4v) is 3.56. The molecule has 1 aliphatic rings. The Morgan fingerprint density at radius 3 is 2.74 bits per heavy atom. The van der Waals surface area contributed by atoms with Gasteiger partial charge in [-0.1, -0.05) is 18.2 Å². The molecule has 2 aromatic rings. The van der Waals surface area contributed by atoms with E-state index < -0.39 is 34.0 Å². The predicted molar refractivity (Wildman–Crippen MR) is 82.9 cm³/mol. The molecule has 0 unspecified atom stereocenters. The summed E-state index contributed by atoms with van der Waals surface area (Å²) in [5.41, 5.74) is 0.447. The van der Waals surface area contributed by atoms with Crippen LogP contribution in [0, 0.1) is 0 Å². The molecule has 122 valence electrons. The van der Waals surface area contributed by atoms with Gasteiger partial charge in [-0.2, -0.15) is 8.42 Å². The molecule has 0 spiro atoms. The number of ether oxygens (including phenoxy) is 1. The van der Waals surface area contributed by atoms with Gasteiger partial charge in [-0.05, 0) is 6.07 Å². The first-order valence-electron chi connectivity index (χ1n) is 6.50. The van der Waals surface area contributed by atoms with Gasteiger partial charge in [0.25, 0.3) is 5.95 Å². The molecule has 9 heteroatoms. The van der Waals surface area contributed by atoms with Crippen molar-refractivity contribution in [1.29, 1.82) is 0 Å². The fraction of sp³-hybridized carbons (Fsp3) is 0.214. The first-order valence-corrected chi connectivity index (χ1v) is 9.10. The number of benzene rings is 1. The summed E-state index contributed by atoms with van der Waals surface area (Å²) in [7, 11) is -4.41. The lowest BCUT2D eigenvalue weighted by molar-refractivity contribution is 0.233. The maximum atomic E-state index is 12.5. The topological polar surface area (TPSA) is 114 Å². The Morgan fingerprint density at radius 1 is 1.30 bits per heavy atom. The Labute approximate surface area is 135 Å². The zero-order valence-corrected chi connectivity index (χ0v) is 13.3. The van der Waals surface area contributed by atoms with Crippen LogP contribution in [0.3, 0.4) is 0 Å². The van der Waals surface area contributed by atoms with Gasteiger partial charge in [0.1, 0.15) is 11.3 Å². The third-order valence-electron chi connectivity index (χ3n) is 3.26. The molecule has 0 saturated heterocycles. The summed E-state index contributed by atoms with van der Waals surface area (Å²) in [5, 5.41) is 9.37. The molecule has 3 rings (SSSR count). The van der Waals surface area contributed by atoms with Gasteiger partial charge in [-0.15, -0.1) is 11.8 Å². The van der Waals surface area contributed by atoms with E-state index >= 15 is 0 Å². The summed E-state index contributed by atoms with van der Waals surface area (Å²) >= 11 is 1.47. The SMILES string of the molecule is O=c1c(CO)c(OCS(=O)(=O)O)oc2c1CSc1ccccc1-2. The molecular weight excluding hydrogens is 344 g/mol. The summed E-state index contributed by atoms with van der Waals surface area (Å²) in [6, 6.07) is 7.29. The maximum absolute atomic E-state index is 12.5. The summed E-state index contributed by atoms with van der Waals surface area (Å²) < 4.78 is 40.8. The Hall–Kier alpha value is -1.81. The molecule has 0 radical (unpaired) electrons. The molecule has 0 saturated carbocycles. The number of hydrogen-bond donors (Lipinski definition) is 2. The molecule has 1 aromatic carbocycles. The molecule has 1 aromatic heterocycles. The third-order valence-corrected chi connectivity index (χ3v) is 4.78. The number of hydrogen-bond acceptors (Lipinski definition) is 7. The van der Waals surface area contributed by atoms with Crippen LogP contribution in [0.2, 0.25) is 0 Å². The summed E-state index contributed by atoms with van der Waals surface area (Å²) in [6.07, 6.45) is 0. The third kappa shape index (κ3) is 3.13. The molecule has 0 atom stereocenters. The van der Waals surface area contributed by atoms with Crippen LogP contribution in [0.4, 0.5) is 0 Å². The second-order valence-electron chi connectivity index (χ2n) is 4.79. The Balaban J connectivity index is 2.16. The quantitative estimate of drug-likeness (QED) is 0.795. The second-order valence-corrected chi connectivity index (χ2v) is 7.21. The molecule has 1 aliphatic heterocycles. The van der Waals surface area contributed by atoms with Crippen LogP contribution in [0.25, 0.3) is 11.3 Å². The van der Waals surface area contributed by atoms with Crippen LogP contribution in [-0.2, 0) is 22.5 Å². The standard InChI is InChI=1S/C14H12O7S2/c15-5-9-12(16)10-6-22-11-4-2-1-3-8(11)13(10)21-14(9)20-7-23(17,18)19/h1-4,15H,5-7H2,(H,17,18,19). The zero-order chi connectivity index (χ0) is 16.6. The fourth-order valence-electron chi connectivity index (χ4n) is 2.25. The van der Waals surface area contributed by atoms with E-state index in [1.165, 1.54) is 11.8 Å². The van der Waals surface area contributed by atoms with Gasteiger partial charge in [0.05, 0.1) is 12.2 Å². The lowest BCUT2D eigenvalue weighted by Gasteiger charge is -2.19. The summed E-state index contributed by atoms with van der Waals surface area (Å²) in [6.45, 7) is -0.664. The minimum Gasteiger partial charge on any atom is -0.446 e. The number of thioether (sulfide) groups is 1. The van der Waals surface area contributed by atoms with Crippen molar-refractivity contribution in [2.24, 2.45) is 0 Å². The van der Waals surface area contributed by atoms with Gasteiger partial charge in [0.15, 0.2) is 5.43 Å². The molecule has 0 aliphatic carbocycles. The van der Waals surface area contributed by atoms with E-state index in [9.17, 15) is 18.3 Å². The van der Waals surface area contributed by atoms with Crippen molar-refractivity contribution in [2.75, 3.05) is 5.94 Å². The van der Waals surface area contributed by atoms with Crippen molar-refractivity contribution in [3.05, 3.63) is 45.6 Å². The van der Waals surface area contributed by atoms with Crippen LogP contribution < -0.4 is 10.2 Å². The number of aliphatic hydroxyl groups is 1. The summed E-state index contributed by atoms with van der Waals surface area (Å²) in [5.74, 6) is -0.819. The first-order chi connectivity index (χ1) is 10.9. The molecule has 23 heavy (non-hydrogen) atoms. The second kappa shape index (κ2) is 6.00. The Kier molecular flexibility index (Phi) is 4.19.